The highest BCUT2D eigenvalue weighted by molar-refractivity contribution is 5.88. The fourth-order valence-electron chi connectivity index (χ4n) is 3.68. The van der Waals surface area contributed by atoms with Crippen molar-refractivity contribution in [3.63, 3.8) is 0 Å². The average molecular weight is 411 g/mol. The number of hydrogen-bond acceptors (Lipinski definition) is 4. The Labute approximate surface area is 178 Å². The number of benzene rings is 2. The summed E-state index contributed by atoms with van der Waals surface area (Å²) in [5, 5.41) is 3.01. The number of hydrogen-bond donors (Lipinski definition) is 1. The summed E-state index contributed by atoms with van der Waals surface area (Å²) in [5.41, 5.74) is 1.73. The minimum Gasteiger partial charge on any atom is -0.497 e. The lowest BCUT2D eigenvalue weighted by Crippen LogP contribution is -2.44. The zero-order valence-electron chi connectivity index (χ0n) is 17.7. The van der Waals surface area contributed by atoms with Crippen molar-refractivity contribution in [1.82, 2.24) is 10.2 Å². The first-order valence-corrected chi connectivity index (χ1v) is 10.5. The molecule has 6 nitrogen and oxygen atoms in total. The molecule has 0 aliphatic carbocycles. The van der Waals surface area contributed by atoms with Gasteiger partial charge in [0.05, 0.1) is 13.2 Å². The molecule has 0 saturated carbocycles. The summed E-state index contributed by atoms with van der Waals surface area (Å²) in [6, 6.07) is 16.3. The third kappa shape index (κ3) is 5.60. The first-order chi connectivity index (χ1) is 14.6. The van der Waals surface area contributed by atoms with Crippen LogP contribution in [0.1, 0.15) is 43.4 Å². The zero-order chi connectivity index (χ0) is 21.3. The van der Waals surface area contributed by atoms with E-state index >= 15 is 0 Å². The van der Waals surface area contributed by atoms with Crippen LogP contribution in [0.25, 0.3) is 0 Å². The van der Waals surface area contributed by atoms with Gasteiger partial charge >= 0.3 is 0 Å². The fraction of sp³-hybridized carbons (Fsp3) is 0.417. The zero-order valence-corrected chi connectivity index (χ0v) is 17.7. The summed E-state index contributed by atoms with van der Waals surface area (Å²) >= 11 is 0. The van der Waals surface area contributed by atoms with Gasteiger partial charge in [0.15, 0.2) is 0 Å². The predicted octanol–water partition coefficient (Wildman–Crippen LogP) is 3.47. The van der Waals surface area contributed by atoms with Gasteiger partial charge in [0.25, 0.3) is 0 Å². The number of rotatable bonds is 9. The first-order valence-electron chi connectivity index (χ1n) is 10.5. The lowest BCUT2D eigenvalue weighted by Gasteiger charge is -2.31. The largest absolute Gasteiger partial charge is 0.497 e. The van der Waals surface area contributed by atoms with E-state index in [-0.39, 0.29) is 17.9 Å². The van der Waals surface area contributed by atoms with Crippen LogP contribution in [-0.2, 0) is 20.9 Å². The van der Waals surface area contributed by atoms with Crippen LogP contribution in [-0.4, -0.2) is 43.1 Å². The molecular formula is C24H30N2O4. The van der Waals surface area contributed by atoms with Crippen molar-refractivity contribution in [2.24, 2.45) is 0 Å². The Hall–Kier alpha value is -2.86. The maximum Gasteiger partial charge on any atom is 0.247 e. The van der Waals surface area contributed by atoms with E-state index in [2.05, 4.69) is 5.32 Å². The van der Waals surface area contributed by atoms with E-state index < -0.39 is 6.04 Å². The molecule has 0 aromatic heterocycles. The molecule has 1 saturated heterocycles. The molecular weight excluding hydrogens is 380 g/mol. The van der Waals surface area contributed by atoms with E-state index in [4.69, 9.17) is 9.47 Å². The van der Waals surface area contributed by atoms with Crippen molar-refractivity contribution in [2.45, 2.75) is 44.9 Å². The summed E-state index contributed by atoms with van der Waals surface area (Å²) in [5.74, 6) is 0.486. The standard InChI is InChI=1S/C24H30N2O4/c1-3-22(27)26(17-18-11-13-20(29-2)14-12-18)23(19-8-5-4-6-9-19)24(28)25-16-21-10-7-15-30-21/h4-6,8-9,11-14,21,23H,3,7,10,15-17H2,1-2H3,(H,25,28)/t21-,23+/m0/s1. The molecule has 30 heavy (non-hydrogen) atoms. The van der Waals surface area contributed by atoms with Gasteiger partial charge in [0, 0.05) is 26.1 Å². The molecule has 1 aliphatic rings. The molecule has 2 amide bonds. The molecule has 0 radical (unpaired) electrons. The van der Waals surface area contributed by atoms with E-state index in [1.54, 1.807) is 12.0 Å². The van der Waals surface area contributed by atoms with Gasteiger partial charge < -0.3 is 19.7 Å². The Morgan fingerprint density at radius 2 is 1.90 bits per heavy atom. The summed E-state index contributed by atoms with van der Waals surface area (Å²) in [4.78, 5) is 27.8. The number of amides is 2. The van der Waals surface area contributed by atoms with Crippen molar-refractivity contribution >= 4 is 11.8 Å². The lowest BCUT2D eigenvalue weighted by atomic mass is 10.0. The minimum absolute atomic E-state index is 0.0438. The Kier molecular flexibility index (Phi) is 7.85. The van der Waals surface area contributed by atoms with Gasteiger partial charge in [-0.1, -0.05) is 49.4 Å². The molecule has 1 aliphatic heterocycles. The number of methoxy groups -OCH3 is 1. The summed E-state index contributed by atoms with van der Waals surface area (Å²) < 4.78 is 10.9. The maximum absolute atomic E-state index is 13.3. The quantitative estimate of drug-likeness (QED) is 0.687. The van der Waals surface area contributed by atoms with E-state index in [1.165, 1.54) is 0 Å². The molecule has 3 rings (SSSR count). The monoisotopic (exact) mass is 410 g/mol. The third-order valence-corrected chi connectivity index (χ3v) is 5.34. The molecule has 1 heterocycles. The second kappa shape index (κ2) is 10.8. The van der Waals surface area contributed by atoms with Crippen LogP contribution in [0, 0.1) is 0 Å². The van der Waals surface area contributed by atoms with Gasteiger partial charge in [-0.05, 0) is 36.1 Å². The van der Waals surface area contributed by atoms with Crippen LogP contribution in [0.2, 0.25) is 0 Å². The number of nitrogens with one attached hydrogen (secondary N) is 1. The highest BCUT2D eigenvalue weighted by atomic mass is 16.5. The van der Waals surface area contributed by atoms with Gasteiger partial charge in [-0.2, -0.15) is 0 Å². The predicted molar refractivity (Wildman–Crippen MR) is 115 cm³/mol. The summed E-state index contributed by atoms with van der Waals surface area (Å²) in [6.07, 6.45) is 2.32. The summed E-state index contributed by atoms with van der Waals surface area (Å²) in [6.45, 7) is 3.35. The molecule has 1 fully saturated rings. The number of carbonyl (C=O) groups excluding carboxylic acids is 2. The highest BCUT2D eigenvalue weighted by Gasteiger charge is 2.31. The molecule has 0 unspecified atom stereocenters. The normalized spacial score (nSPS) is 16.7. The van der Waals surface area contributed by atoms with Gasteiger partial charge in [-0.25, -0.2) is 0 Å². The van der Waals surface area contributed by atoms with Crippen LogP contribution in [0.5, 0.6) is 5.75 Å². The smallest absolute Gasteiger partial charge is 0.247 e. The maximum atomic E-state index is 13.3. The Morgan fingerprint density at radius 3 is 2.50 bits per heavy atom. The fourth-order valence-corrected chi connectivity index (χ4v) is 3.68. The van der Waals surface area contributed by atoms with Gasteiger partial charge in [0.1, 0.15) is 11.8 Å². The first kappa shape index (κ1) is 21.8. The van der Waals surface area contributed by atoms with Gasteiger partial charge in [-0.15, -0.1) is 0 Å². The Bertz CT molecular complexity index is 817. The number of carbonyl (C=O) groups is 2. The SMILES string of the molecule is CCC(=O)N(Cc1ccc(OC)cc1)[C@@H](C(=O)NC[C@@H]1CCCO1)c1ccccc1. The molecule has 160 valence electrons. The van der Waals surface area contributed by atoms with Crippen molar-refractivity contribution < 1.29 is 19.1 Å². The average Bonchev–Trinajstić information content (AvgIpc) is 3.31. The molecule has 0 bridgehead atoms. The minimum atomic E-state index is -0.706. The topological polar surface area (TPSA) is 67.9 Å². The van der Waals surface area contributed by atoms with Crippen LogP contribution in [0.15, 0.2) is 54.6 Å². The molecule has 2 atom stereocenters. The van der Waals surface area contributed by atoms with E-state index in [0.717, 1.165) is 36.3 Å². The van der Waals surface area contributed by atoms with Crippen LogP contribution in [0.4, 0.5) is 0 Å². The Balaban J connectivity index is 1.85. The molecule has 1 N–H and O–H groups in total. The molecule has 0 spiro atoms. The third-order valence-electron chi connectivity index (χ3n) is 5.34. The second-order valence-electron chi connectivity index (χ2n) is 7.42. The van der Waals surface area contributed by atoms with Crippen LogP contribution in [0.3, 0.4) is 0 Å². The van der Waals surface area contributed by atoms with Crippen molar-refractivity contribution in [3.05, 3.63) is 65.7 Å². The lowest BCUT2D eigenvalue weighted by molar-refractivity contribution is -0.141. The second-order valence-corrected chi connectivity index (χ2v) is 7.42. The molecule has 2 aromatic carbocycles. The van der Waals surface area contributed by atoms with Crippen molar-refractivity contribution in [3.8, 4) is 5.75 Å². The van der Waals surface area contributed by atoms with Crippen molar-refractivity contribution in [1.29, 1.82) is 0 Å². The van der Waals surface area contributed by atoms with Gasteiger partial charge in [-0.3, -0.25) is 9.59 Å². The Morgan fingerprint density at radius 1 is 1.17 bits per heavy atom. The van der Waals surface area contributed by atoms with Crippen LogP contribution < -0.4 is 10.1 Å². The molecule has 6 heteroatoms. The van der Waals surface area contributed by atoms with Gasteiger partial charge in [0.2, 0.25) is 11.8 Å². The molecule has 2 aromatic rings. The summed E-state index contributed by atoms with van der Waals surface area (Å²) in [7, 11) is 1.62. The highest BCUT2D eigenvalue weighted by Crippen LogP contribution is 2.25. The van der Waals surface area contributed by atoms with E-state index in [9.17, 15) is 9.59 Å². The number of nitrogens with zero attached hydrogens (tertiary/aromatic N) is 1. The van der Waals surface area contributed by atoms with E-state index in [1.807, 2.05) is 61.5 Å². The van der Waals surface area contributed by atoms with Crippen molar-refractivity contribution in [2.75, 3.05) is 20.3 Å². The van der Waals surface area contributed by atoms with Crippen LogP contribution >= 0.6 is 0 Å². The number of ether oxygens (including phenoxy) is 2. The van der Waals surface area contributed by atoms with E-state index in [0.29, 0.717) is 19.5 Å².